The van der Waals surface area contributed by atoms with Gasteiger partial charge in [-0.2, -0.15) is 0 Å². The molecule has 1 aromatic heterocycles. The molecular formula is C24H27N5O4S. The van der Waals surface area contributed by atoms with Gasteiger partial charge in [0, 0.05) is 45.2 Å². The molecule has 0 unspecified atom stereocenters. The topological polar surface area (TPSA) is 104 Å². The first-order chi connectivity index (χ1) is 16.5. The van der Waals surface area contributed by atoms with Crippen molar-refractivity contribution in [2.45, 2.75) is 32.2 Å². The lowest BCUT2D eigenvalue weighted by Gasteiger charge is -2.35. The van der Waals surface area contributed by atoms with Crippen molar-refractivity contribution < 1.29 is 9.72 Å². The zero-order valence-electron chi connectivity index (χ0n) is 18.8. The highest BCUT2D eigenvalue weighted by Gasteiger charge is 2.25. The number of para-hydroxylation sites is 3. The fraction of sp³-hybridized carbons (Fsp3) is 0.375. The number of anilines is 1. The molecule has 1 aliphatic rings. The lowest BCUT2D eigenvalue weighted by molar-refractivity contribution is -0.384. The first kappa shape index (κ1) is 23.6. The summed E-state index contributed by atoms with van der Waals surface area (Å²) in [5, 5.41) is 11.9. The van der Waals surface area contributed by atoms with Crippen LogP contribution in [-0.2, 0) is 11.3 Å². The molecule has 1 aliphatic heterocycles. The number of nitrogens with one attached hydrogen (secondary N) is 1. The number of nitro groups is 1. The van der Waals surface area contributed by atoms with Crippen molar-refractivity contribution in [1.29, 1.82) is 0 Å². The number of nitrogens with zero attached hydrogens (tertiary/aromatic N) is 4. The smallest absolute Gasteiger partial charge is 0.292 e. The molecule has 0 aliphatic carbocycles. The number of unbranched alkanes of at least 4 members (excludes halogenated alkanes) is 2. The van der Waals surface area contributed by atoms with Crippen LogP contribution in [-0.4, -0.2) is 51.5 Å². The maximum Gasteiger partial charge on any atom is 0.292 e. The molecule has 10 heteroatoms. The van der Waals surface area contributed by atoms with Gasteiger partial charge in [-0.3, -0.25) is 24.3 Å². The van der Waals surface area contributed by atoms with Gasteiger partial charge in [-0.15, -0.1) is 0 Å². The SMILES string of the molecule is O=C(CCCCCn1c(=S)[nH]c2ccccc2c1=O)N1CCN(c2ccccc2[N+](=O)[O-])CC1. The number of fused-ring (bicyclic) bond motifs is 1. The van der Waals surface area contributed by atoms with E-state index in [9.17, 15) is 19.7 Å². The third-order valence-corrected chi connectivity index (χ3v) is 6.54. The van der Waals surface area contributed by atoms with Gasteiger partial charge in [0.1, 0.15) is 5.69 Å². The molecule has 34 heavy (non-hydrogen) atoms. The van der Waals surface area contributed by atoms with Crippen molar-refractivity contribution in [1.82, 2.24) is 14.5 Å². The molecule has 1 N–H and O–H groups in total. The number of hydrogen-bond donors (Lipinski definition) is 1. The van der Waals surface area contributed by atoms with E-state index in [1.807, 2.05) is 28.0 Å². The zero-order valence-corrected chi connectivity index (χ0v) is 19.6. The fourth-order valence-electron chi connectivity index (χ4n) is 4.37. The number of piperazine rings is 1. The summed E-state index contributed by atoms with van der Waals surface area (Å²) >= 11 is 5.34. The van der Waals surface area contributed by atoms with Crippen LogP contribution in [0.5, 0.6) is 0 Å². The van der Waals surface area contributed by atoms with Gasteiger partial charge in [-0.1, -0.05) is 30.7 Å². The summed E-state index contributed by atoms with van der Waals surface area (Å²) in [6.07, 6.45) is 2.76. The quantitative estimate of drug-likeness (QED) is 0.227. The van der Waals surface area contributed by atoms with Crippen molar-refractivity contribution in [3.63, 3.8) is 0 Å². The Kier molecular flexibility index (Phi) is 7.36. The molecule has 0 saturated carbocycles. The average molecular weight is 482 g/mol. The summed E-state index contributed by atoms with van der Waals surface area (Å²) in [6.45, 7) is 2.75. The molecule has 0 atom stereocenters. The normalized spacial score (nSPS) is 13.9. The number of aromatic nitrogens is 2. The van der Waals surface area contributed by atoms with E-state index in [1.165, 1.54) is 6.07 Å². The lowest BCUT2D eigenvalue weighted by Crippen LogP contribution is -2.48. The molecule has 2 heterocycles. The average Bonchev–Trinajstić information content (AvgIpc) is 2.85. The van der Waals surface area contributed by atoms with Crippen molar-refractivity contribution in [3.05, 3.63) is 73.8 Å². The lowest BCUT2D eigenvalue weighted by atomic mass is 10.1. The zero-order chi connectivity index (χ0) is 24.1. The van der Waals surface area contributed by atoms with E-state index >= 15 is 0 Å². The molecule has 178 valence electrons. The summed E-state index contributed by atoms with van der Waals surface area (Å²) in [6, 6.07) is 14.0. The molecule has 1 saturated heterocycles. The van der Waals surface area contributed by atoms with Crippen LogP contribution >= 0.6 is 12.2 Å². The van der Waals surface area contributed by atoms with Gasteiger partial charge in [0.05, 0.1) is 15.8 Å². The number of hydrogen-bond acceptors (Lipinski definition) is 6. The minimum Gasteiger partial charge on any atom is -0.362 e. The number of H-pyrrole nitrogens is 1. The van der Waals surface area contributed by atoms with E-state index in [0.717, 1.165) is 24.8 Å². The summed E-state index contributed by atoms with van der Waals surface area (Å²) in [7, 11) is 0. The van der Waals surface area contributed by atoms with E-state index < -0.39 is 0 Å². The largest absolute Gasteiger partial charge is 0.362 e. The van der Waals surface area contributed by atoms with Gasteiger partial charge in [0.2, 0.25) is 5.91 Å². The van der Waals surface area contributed by atoms with Crippen molar-refractivity contribution >= 4 is 40.4 Å². The number of nitro benzene ring substituents is 1. The van der Waals surface area contributed by atoms with Gasteiger partial charge >= 0.3 is 0 Å². The van der Waals surface area contributed by atoms with Crippen molar-refractivity contribution in [3.8, 4) is 0 Å². The Hall–Kier alpha value is -3.53. The summed E-state index contributed by atoms with van der Waals surface area (Å²) in [4.78, 5) is 43.1. The van der Waals surface area contributed by atoms with E-state index in [2.05, 4.69) is 4.98 Å². The van der Waals surface area contributed by atoms with Gasteiger partial charge in [0.25, 0.3) is 11.2 Å². The number of carbonyl (C=O) groups is 1. The minimum atomic E-state index is -0.369. The second-order valence-electron chi connectivity index (χ2n) is 8.36. The maximum absolute atomic E-state index is 12.7. The number of aromatic amines is 1. The van der Waals surface area contributed by atoms with Crippen LogP contribution in [0.3, 0.4) is 0 Å². The Morgan fingerprint density at radius 3 is 2.47 bits per heavy atom. The second kappa shape index (κ2) is 10.6. The molecular weight excluding hydrogens is 454 g/mol. The van der Waals surface area contributed by atoms with Crippen LogP contribution < -0.4 is 10.5 Å². The predicted molar refractivity (Wildman–Crippen MR) is 134 cm³/mol. The summed E-state index contributed by atoms with van der Waals surface area (Å²) in [5.74, 6) is 0.0994. The van der Waals surface area contributed by atoms with E-state index in [1.54, 1.807) is 28.8 Å². The van der Waals surface area contributed by atoms with Crippen LogP contribution in [0.15, 0.2) is 53.3 Å². The summed E-state index contributed by atoms with van der Waals surface area (Å²) in [5.41, 5.74) is 1.34. The monoisotopic (exact) mass is 481 g/mol. The maximum atomic E-state index is 12.7. The number of carbonyl (C=O) groups excluding carboxylic acids is 1. The molecule has 2 aromatic carbocycles. The molecule has 1 fully saturated rings. The van der Waals surface area contributed by atoms with Gasteiger partial charge < -0.3 is 14.8 Å². The van der Waals surface area contributed by atoms with Crippen LogP contribution in [0.2, 0.25) is 0 Å². The molecule has 3 aromatic rings. The van der Waals surface area contributed by atoms with E-state index in [0.29, 0.717) is 55.0 Å². The first-order valence-corrected chi connectivity index (χ1v) is 11.8. The predicted octanol–water partition coefficient (Wildman–Crippen LogP) is 3.88. The number of rotatable bonds is 8. The van der Waals surface area contributed by atoms with Crippen LogP contribution in [0.1, 0.15) is 25.7 Å². The minimum absolute atomic E-state index is 0.0904. The highest BCUT2D eigenvalue weighted by molar-refractivity contribution is 7.71. The second-order valence-corrected chi connectivity index (χ2v) is 8.74. The fourth-order valence-corrected chi connectivity index (χ4v) is 4.65. The number of benzene rings is 2. The van der Waals surface area contributed by atoms with Gasteiger partial charge in [0.15, 0.2) is 4.77 Å². The molecule has 0 spiro atoms. The van der Waals surface area contributed by atoms with Gasteiger partial charge in [-0.05, 0) is 43.3 Å². The highest BCUT2D eigenvalue weighted by atomic mass is 32.1. The molecule has 0 radical (unpaired) electrons. The number of amides is 1. The Balaban J connectivity index is 1.23. The molecule has 9 nitrogen and oxygen atoms in total. The first-order valence-electron chi connectivity index (χ1n) is 11.4. The molecule has 4 rings (SSSR count). The van der Waals surface area contributed by atoms with E-state index in [-0.39, 0.29) is 22.1 Å². The third-order valence-electron chi connectivity index (χ3n) is 6.21. The molecule has 0 bridgehead atoms. The summed E-state index contributed by atoms with van der Waals surface area (Å²) < 4.78 is 2.00. The van der Waals surface area contributed by atoms with E-state index in [4.69, 9.17) is 12.2 Å². The Labute approximate surface area is 201 Å². The van der Waals surface area contributed by atoms with Crippen LogP contribution in [0.25, 0.3) is 10.9 Å². The Bertz CT molecular complexity index is 1310. The third kappa shape index (κ3) is 5.17. The molecule has 1 amide bonds. The standard InChI is InChI=1S/C24H27N5O4S/c30-22(27-16-14-26(15-17-27)20-10-5-6-11-21(20)29(32)33)12-2-1-7-13-28-23(31)18-8-3-4-9-19(18)25-24(28)34/h3-6,8-11H,1-2,7,12-17H2,(H,25,34). The van der Waals surface area contributed by atoms with Crippen molar-refractivity contribution in [2.24, 2.45) is 0 Å². The van der Waals surface area contributed by atoms with Gasteiger partial charge in [-0.25, -0.2) is 0 Å². The Morgan fingerprint density at radius 2 is 1.71 bits per heavy atom. The van der Waals surface area contributed by atoms with Crippen molar-refractivity contribution in [2.75, 3.05) is 31.1 Å². The van der Waals surface area contributed by atoms with Crippen LogP contribution in [0.4, 0.5) is 11.4 Å². The van der Waals surface area contributed by atoms with Crippen LogP contribution in [0, 0.1) is 14.9 Å². The highest BCUT2D eigenvalue weighted by Crippen LogP contribution is 2.28. The Morgan fingerprint density at radius 1 is 1.00 bits per heavy atom.